The molecule has 0 unspecified atom stereocenters. The largest absolute Gasteiger partial charge is 0.386 e. The second-order valence-electron chi connectivity index (χ2n) is 5.29. The van der Waals surface area contributed by atoms with Crippen molar-refractivity contribution in [1.82, 2.24) is 0 Å². The molecule has 0 aliphatic carbocycles. The van der Waals surface area contributed by atoms with Crippen LogP contribution >= 0.6 is 0 Å². The van der Waals surface area contributed by atoms with Crippen molar-refractivity contribution in [1.29, 1.82) is 0 Å². The number of esters is 2. The Bertz CT molecular complexity index is 657. The monoisotopic (exact) mass is 296 g/mol. The third kappa shape index (κ3) is 4.04. The van der Waals surface area contributed by atoms with Crippen LogP contribution in [0.5, 0.6) is 0 Å². The Labute approximate surface area is 130 Å². The van der Waals surface area contributed by atoms with Crippen LogP contribution in [0, 0.1) is 6.92 Å². The van der Waals surface area contributed by atoms with E-state index >= 15 is 0 Å². The van der Waals surface area contributed by atoms with Gasteiger partial charge in [-0.05, 0) is 49.1 Å². The number of carbonyl (C=O) groups excluding carboxylic acids is 2. The molecule has 0 saturated heterocycles. The van der Waals surface area contributed by atoms with E-state index in [0.717, 1.165) is 24.8 Å². The van der Waals surface area contributed by atoms with E-state index in [4.69, 9.17) is 4.74 Å². The molecule has 22 heavy (non-hydrogen) atoms. The number of aryl methyl sites for hydroxylation is 2. The molecule has 2 aromatic carbocycles. The van der Waals surface area contributed by atoms with Crippen LogP contribution in [0.3, 0.4) is 0 Å². The number of hydrogen-bond donors (Lipinski definition) is 0. The molecule has 0 N–H and O–H groups in total. The van der Waals surface area contributed by atoms with E-state index in [1.54, 1.807) is 24.3 Å². The molecule has 0 aliphatic rings. The minimum absolute atomic E-state index is 0.391. The third-order valence-corrected chi connectivity index (χ3v) is 3.56. The van der Waals surface area contributed by atoms with E-state index in [1.165, 1.54) is 5.56 Å². The van der Waals surface area contributed by atoms with Crippen molar-refractivity contribution in [3.05, 3.63) is 70.8 Å². The summed E-state index contributed by atoms with van der Waals surface area (Å²) in [5.74, 6) is -1.23. The Morgan fingerprint density at radius 2 is 1.64 bits per heavy atom. The summed E-state index contributed by atoms with van der Waals surface area (Å²) in [4.78, 5) is 24.0. The molecular formula is C19H20O3. The topological polar surface area (TPSA) is 43.4 Å². The fourth-order valence-corrected chi connectivity index (χ4v) is 2.19. The molecule has 0 fully saturated rings. The summed E-state index contributed by atoms with van der Waals surface area (Å²) in [5.41, 5.74) is 2.77. The van der Waals surface area contributed by atoms with Crippen molar-refractivity contribution in [3.63, 3.8) is 0 Å². The lowest BCUT2D eigenvalue weighted by molar-refractivity contribution is 0.0397. The fourth-order valence-electron chi connectivity index (χ4n) is 2.19. The van der Waals surface area contributed by atoms with Gasteiger partial charge in [0.25, 0.3) is 0 Å². The number of hydrogen-bond acceptors (Lipinski definition) is 3. The molecular weight excluding hydrogens is 276 g/mol. The van der Waals surface area contributed by atoms with Gasteiger partial charge in [-0.3, -0.25) is 0 Å². The van der Waals surface area contributed by atoms with E-state index in [2.05, 4.69) is 6.92 Å². The van der Waals surface area contributed by atoms with Gasteiger partial charge in [-0.25, -0.2) is 9.59 Å². The molecule has 0 saturated carbocycles. The molecule has 0 radical (unpaired) electrons. The molecule has 0 aromatic heterocycles. The Morgan fingerprint density at radius 1 is 0.955 bits per heavy atom. The summed E-state index contributed by atoms with van der Waals surface area (Å²) >= 11 is 0. The lowest BCUT2D eigenvalue weighted by Crippen LogP contribution is -2.13. The molecule has 114 valence electrons. The standard InChI is InChI=1S/C19H20O3/c1-3-4-8-15-10-12-16(13-11-15)18(20)22-19(21)17-9-6-5-7-14(17)2/h5-7,9-13H,3-4,8H2,1-2H3. The number of benzene rings is 2. The Balaban J connectivity index is 2.03. The van der Waals surface area contributed by atoms with Gasteiger partial charge in [-0.2, -0.15) is 0 Å². The van der Waals surface area contributed by atoms with Crippen molar-refractivity contribution in [3.8, 4) is 0 Å². The molecule has 0 bridgehead atoms. The first-order valence-electron chi connectivity index (χ1n) is 7.53. The van der Waals surface area contributed by atoms with Gasteiger partial charge in [-0.1, -0.05) is 43.7 Å². The number of ether oxygens (including phenoxy) is 1. The van der Waals surface area contributed by atoms with Gasteiger partial charge in [0, 0.05) is 0 Å². The highest BCUT2D eigenvalue weighted by molar-refractivity contribution is 6.03. The van der Waals surface area contributed by atoms with Crippen molar-refractivity contribution in [2.45, 2.75) is 33.1 Å². The normalized spacial score (nSPS) is 10.3. The SMILES string of the molecule is CCCCc1ccc(C(=O)OC(=O)c2ccccc2C)cc1. The van der Waals surface area contributed by atoms with Crippen LogP contribution in [0.2, 0.25) is 0 Å². The summed E-state index contributed by atoms with van der Waals surface area (Å²) in [6.45, 7) is 3.95. The van der Waals surface area contributed by atoms with Gasteiger partial charge in [0.05, 0.1) is 11.1 Å². The maximum Gasteiger partial charge on any atom is 0.346 e. The Hall–Kier alpha value is -2.42. The van der Waals surface area contributed by atoms with Crippen LogP contribution in [0.25, 0.3) is 0 Å². The minimum atomic E-state index is -0.615. The zero-order valence-electron chi connectivity index (χ0n) is 13.0. The number of unbranched alkanes of at least 4 members (excludes halogenated alkanes) is 1. The zero-order chi connectivity index (χ0) is 15.9. The highest BCUT2D eigenvalue weighted by Crippen LogP contribution is 2.12. The Morgan fingerprint density at radius 3 is 2.27 bits per heavy atom. The zero-order valence-corrected chi connectivity index (χ0v) is 13.0. The maximum absolute atomic E-state index is 12.0. The smallest absolute Gasteiger partial charge is 0.346 e. The van der Waals surface area contributed by atoms with E-state index in [-0.39, 0.29) is 0 Å². The summed E-state index contributed by atoms with van der Waals surface area (Å²) in [7, 11) is 0. The summed E-state index contributed by atoms with van der Waals surface area (Å²) in [5, 5.41) is 0. The first kappa shape index (κ1) is 16.0. The molecule has 0 spiro atoms. The molecule has 0 aliphatic heterocycles. The second kappa shape index (κ2) is 7.55. The van der Waals surface area contributed by atoms with E-state index in [0.29, 0.717) is 11.1 Å². The maximum atomic E-state index is 12.0. The summed E-state index contributed by atoms with van der Waals surface area (Å²) in [6, 6.07) is 14.3. The predicted molar refractivity (Wildman–Crippen MR) is 86.0 cm³/mol. The molecule has 0 amide bonds. The number of carbonyl (C=O) groups is 2. The van der Waals surface area contributed by atoms with Crippen LogP contribution in [-0.4, -0.2) is 11.9 Å². The van der Waals surface area contributed by atoms with Crippen LogP contribution in [0.4, 0.5) is 0 Å². The van der Waals surface area contributed by atoms with Gasteiger partial charge in [-0.15, -0.1) is 0 Å². The number of rotatable bonds is 5. The first-order chi connectivity index (χ1) is 10.6. The molecule has 3 heteroatoms. The quantitative estimate of drug-likeness (QED) is 0.609. The second-order valence-corrected chi connectivity index (χ2v) is 5.29. The molecule has 0 atom stereocenters. The third-order valence-electron chi connectivity index (χ3n) is 3.56. The van der Waals surface area contributed by atoms with Crippen LogP contribution < -0.4 is 0 Å². The van der Waals surface area contributed by atoms with Crippen molar-refractivity contribution in [2.75, 3.05) is 0 Å². The molecule has 3 nitrogen and oxygen atoms in total. The van der Waals surface area contributed by atoms with Gasteiger partial charge in [0.2, 0.25) is 0 Å². The highest BCUT2D eigenvalue weighted by atomic mass is 16.6. The predicted octanol–water partition coefficient (Wildman–Crippen LogP) is 4.33. The average Bonchev–Trinajstić information content (AvgIpc) is 2.53. The van der Waals surface area contributed by atoms with Gasteiger partial charge in [0.15, 0.2) is 0 Å². The van der Waals surface area contributed by atoms with Crippen molar-refractivity contribution >= 4 is 11.9 Å². The van der Waals surface area contributed by atoms with E-state index in [9.17, 15) is 9.59 Å². The summed E-state index contributed by atoms with van der Waals surface area (Å²) < 4.78 is 4.95. The van der Waals surface area contributed by atoms with Crippen LogP contribution in [0.1, 0.15) is 51.6 Å². The first-order valence-corrected chi connectivity index (χ1v) is 7.53. The van der Waals surface area contributed by atoms with Crippen molar-refractivity contribution in [2.24, 2.45) is 0 Å². The van der Waals surface area contributed by atoms with Gasteiger partial charge < -0.3 is 4.74 Å². The Kier molecular flexibility index (Phi) is 5.48. The van der Waals surface area contributed by atoms with Crippen LogP contribution in [-0.2, 0) is 11.2 Å². The average molecular weight is 296 g/mol. The van der Waals surface area contributed by atoms with E-state index < -0.39 is 11.9 Å². The molecule has 2 aromatic rings. The van der Waals surface area contributed by atoms with Gasteiger partial charge >= 0.3 is 11.9 Å². The van der Waals surface area contributed by atoms with Crippen LogP contribution in [0.15, 0.2) is 48.5 Å². The van der Waals surface area contributed by atoms with Crippen molar-refractivity contribution < 1.29 is 14.3 Å². The van der Waals surface area contributed by atoms with Gasteiger partial charge in [0.1, 0.15) is 0 Å². The molecule has 0 heterocycles. The fraction of sp³-hybridized carbons (Fsp3) is 0.263. The lowest BCUT2D eigenvalue weighted by Gasteiger charge is -2.06. The highest BCUT2D eigenvalue weighted by Gasteiger charge is 2.16. The summed E-state index contributed by atoms with van der Waals surface area (Å²) in [6.07, 6.45) is 3.25. The van der Waals surface area contributed by atoms with E-state index in [1.807, 2.05) is 31.2 Å². The lowest BCUT2D eigenvalue weighted by atomic mass is 10.1. The molecule has 2 rings (SSSR count). The minimum Gasteiger partial charge on any atom is -0.386 e.